The number of nitrogens with zero attached hydrogens (tertiary/aromatic N) is 2. The first-order chi connectivity index (χ1) is 12.1. The molecular formula is C19H14Cl2N4. The monoisotopic (exact) mass is 368 g/mol. The van der Waals surface area contributed by atoms with Gasteiger partial charge in [0.2, 0.25) is 5.95 Å². The molecule has 0 aliphatic heterocycles. The van der Waals surface area contributed by atoms with E-state index < -0.39 is 0 Å². The van der Waals surface area contributed by atoms with Crippen LogP contribution < -0.4 is 5.73 Å². The molecule has 6 heteroatoms. The summed E-state index contributed by atoms with van der Waals surface area (Å²) in [5, 5.41) is 10.1. The molecule has 0 spiro atoms. The molecule has 4 aromatic rings. The molecule has 25 heavy (non-hydrogen) atoms. The lowest BCUT2D eigenvalue weighted by Crippen LogP contribution is -1.94. The Kier molecular flexibility index (Phi) is 4.07. The van der Waals surface area contributed by atoms with Crippen LogP contribution in [0.15, 0.2) is 54.6 Å². The number of nitrogens with two attached hydrogens (primary N) is 1. The van der Waals surface area contributed by atoms with Gasteiger partial charge in [-0.05, 0) is 34.0 Å². The number of nitrogen functional groups attached to an aromatic ring is 1. The fourth-order valence-electron chi connectivity index (χ4n) is 3.01. The quantitative estimate of drug-likeness (QED) is 0.528. The SMILES string of the molecule is Nc1n[nH]c(Cc2cc(Cl)c(-c3cccc4ccccc34)c(Cl)c2)n1. The van der Waals surface area contributed by atoms with Gasteiger partial charge in [0.25, 0.3) is 0 Å². The third kappa shape index (κ3) is 3.06. The number of fused-ring (bicyclic) bond motifs is 1. The first-order valence-corrected chi connectivity index (χ1v) is 8.50. The summed E-state index contributed by atoms with van der Waals surface area (Å²) in [7, 11) is 0. The number of nitrogens with one attached hydrogen (secondary N) is 1. The largest absolute Gasteiger partial charge is 0.367 e. The van der Waals surface area contributed by atoms with E-state index in [0.29, 0.717) is 22.3 Å². The van der Waals surface area contributed by atoms with Crippen LogP contribution in [0.2, 0.25) is 10.0 Å². The third-order valence-electron chi connectivity index (χ3n) is 4.08. The van der Waals surface area contributed by atoms with Gasteiger partial charge in [0.05, 0.1) is 10.0 Å². The molecule has 0 aliphatic rings. The number of benzene rings is 3. The molecule has 0 fully saturated rings. The number of aromatic amines is 1. The van der Waals surface area contributed by atoms with Crippen LogP contribution in [0.25, 0.3) is 21.9 Å². The van der Waals surface area contributed by atoms with Crippen molar-refractivity contribution in [3.8, 4) is 11.1 Å². The fraction of sp³-hybridized carbons (Fsp3) is 0.0526. The van der Waals surface area contributed by atoms with E-state index in [0.717, 1.165) is 27.5 Å². The number of hydrogen-bond donors (Lipinski definition) is 2. The van der Waals surface area contributed by atoms with E-state index in [4.69, 9.17) is 28.9 Å². The van der Waals surface area contributed by atoms with Crippen LogP contribution in [0.5, 0.6) is 0 Å². The van der Waals surface area contributed by atoms with Gasteiger partial charge < -0.3 is 5.73 Å². The van der Waals surface area contributed by atoms with Gasteiger partial charge in [-0.25, -0.2) is 0 Å². The second kappa shape index (κ2) is 6.39. The van der Waals surface area contributed by atoms with Crippen molar-refractivity contribution in [1.29, 1.82) is 0 Å². The first kappa shape index (κ1) is 15.9. The van der Waals surface area contributed by atoms with Gasteiger partial charge in [0.15, 0.2) is 0 Å². The summed E-state index contributed by atoms with van der Waals surface area (Å²) in [5.74, 6) is 0.891. The highest BCUT2D eigenvalue weighted by Crippen LogP contribution is 2.39. The highest BCUT2D eigenvalue weighted by Gasteiger charge is 2.14. The molecule has 3 N–H and O–H groups in total. The van der Waals surface area contributed by atoms with Gasteiger partial charge in [-0.15, -0.1) is 5.10 Å². The van der Waals surface area contributed by atoms with E-state index in [9.17, 15) is 0 Å². The van der Waals surface area contributed by atoms with Gasteiger partial charge in [0, 0.05) is 12.0 Å². The second-order valence-electron chi connectivity index (χ2n) is 5.78. The summed E-state index contributed by atoms with van der Waals surface area (Å²) in [5.41, 5.74) is 8.33. The first-order valence-electron chi connectivity index (χ1n) is 7.74. The Hall–Kier alpha value is -2.56. The van der Waals surface area contributed by atoms with Gasteiger partial charge in [0.1, 0.15) is 5.82 Å². The molecule has 1 aromatic heterocycles. The fourth-order valence-corrected chi connectivity index (χ4v) is 3.75. The lowest BCUT2D eigenvalue weighted by molar-refractivity contribution is 0.973. The van der Waals surface area contributed by atoms with Crippen LogP contribution in [0.4, 0.5) is 5.95 Å². The smallest absolute Gasteiger partial charge is 0.239 e. The summed E-state index contributed by atoms with van der Waals surface area (Å²) < 4.78 is 0. The number of H-pyrrole nitrogens is 1. The number of hydrogen-bond acceptors (Lipinski definition) is 3. The van der Waals surface area contributed by atoms with Crippen LogP contribution in [0, 0.1) is 0 Å². The molecule has 124 valence electrons. The van der Waals surface area contributed by atoms with Crippen LogP contribution in [0.1, 0.15) is 11.4 Å². The maximum atomic E-state index is 6.59. The van der Waals surface area contributed by atoms with E-state index in [1.807, 2.05) is 36.4 Å². The third-order valence-corrected chi connectivity index (χ3v) is 4.68. The van der Waals surface area contributed by atoms with Crippen molar-refractivity contribution in [1.82, 2.24) is 15.2 Å². The molecule has 0 amide bonds. The molecule has 3 aromatic carbocycles. The van der Waals surface area contributed by atoms with E-state index in [1.165, 1.54) is 0 Å². The Balaban J connectivity index is 1.80. The Labute approximate surface area is 154 Å². The highest BCUT2D eigenvalue weighted by atomic mass is 35.5. The number of aromatic nitrogens is 3. The van der Waals surface area contributed by atoms with Gasteiger partial charge >= 0.3 is 0 Å². The molecule has 4 nitrogen and oxygen atoms in total. The summed E-state index contributed by atoms with van der Waals surface area (Å²) in [6, 6.07) is 18.1. The topological polar surface area (TPSA) is 67.6 Å². The maximum Gasteiger partial charge on any atom is 0.239 e. The number of anilines is 1. The molecule has 0 saturated carbocycles. The minimum Gasteiger partial charge on any atom is -0.367 e. The molecule has 4 rings (SSSR count). The summed E-state index contributed by atoms with van der Waals surface area (Å²) in [4.78, 5) is 4.11. The Morgan fingerprint density at radius 1 is 0.960 bits per heavy atom. The van der Waals surface area contributed by atoms with E-state index in [1.54, 1.807) is 0 Å². The second-order valence-corrected chi connectivity index (χ2v) is 6.59. The Morgan fingerprint density at radius 3 is 2.40 bits per heavy atom. The van der Waals surface area contributed by atoms with Crippen molar-refractivity contribution >= 4 is 39.9 Å². The van der Waals surface area contributed by atoms with Crippen molar-refractivity contribution < 1.29 is 0 Å². The predicted molar refractivity (Wildman–Crippen MR) is 103 cm³/mol. The summed E-state index contributed by atoms with van der Waals surface area (Å²) >= 11 is 13.2. The number of halogens is 2. The van der Waals surface area contributed by atoms with Crippen molar-refractivity contribution in [3.63, 3.8) is 0 Å². The van der Waals surface area contributed by atoms with Crippen molar-refractivity contribution in [2.24, 2.45) is 0 Å². The minimum atomic E-state index is 0.222. The zero-order valence-electron chi connectivity index (χ0n) is 13.1. The van der Waals surface area contributed by atoms with E-state index in [2.05, 4.69) is 33.4 Å². The molecule has 0 bridgehead atoms. The minimum absolute atomic E-state index is 0.222. The van der Waals surface area contributed by atoms with Gasteiger partial charge in [-0.1, -0.05) is 65.7 Å². The molecular weight excluding hydrogens is 355 g/mol. The van der Waals surface area contributed by atoms with Crippen LogP contribution in [-0.4, -0.2) is 15.2 Å². The molecule has 1 heterocycles. The van der Waals surface area contributed by atoms with E-state index in [-0.39, 0.29) is 5.95 Å². The summed E-state index contributed by atoms with van der Waals surface area (Å²) in [6.45, 7) is 0. The summed E-state index contributed by atoms with van der Waals surface area (Å²) in [6.07, 6.45) is 0.527. The van der Waals surface area contributed by atoms with Crippen molar-refractivity contribution in [2.45, 2.75) is 6.42 Å². The predicted octanol–water partition coefficient (Wildman–Crippen LogP) is 5.10. The van der Waals surface area contributed by atoms with Gasteiger partial charge in [-0.3, -0.25) is 5.10 Å². The lowest BCUT2D eigenvalue weighted by atomic mass is 9.97. The Morgan fingerprint density at radius 2 is 1.68 bits per heavy atom. The highest BCUT2D eigenvalue weighted by molar-refractivity contribution is 6.39. The Bertz CT molecular complexity index is 1040. The van der Waals surface area contributed by atoms with Gasteiger partial charge in [-0.2, -0.15) is 4.98 Å². The van der Waals surface area contributed by atoms with E-state index >= 15 is 0 Å². The van der Waals surface area contributed by atoms with Crippen molar-refractivity contribution in [3.05, 3.63) is 76.0 Å². The average molecular weight is 369 g/mol. The number of rotatable bonds is 3. The average Bonchev–Trinajstić information content (AvgIpc) is 2.99. The zero-order valence-corrected chi connectivity index (χ0v) is 14.6. The molecule has 0 aliphatic carbocycles. The molecule has 0 radical (unpaired) electrons. The lowest BCUT2D eigenvalue weighted by Gasteiger charge is -2.12. The standard InChI is InChI=1S/C19H14Cl2N4/c20-15-8-11(10-17-23-19(22)25-24-17)9-16(21)18(15)14-7-3-5-12-4-1-2-6-13(12)14/h1-9H,10H2,(H3,22,23,24,25). The maximum absolute atomic E-state index is 6.59. The van der Waals surface area contributed by atoms with Crippen LogP contribution in [0.3, 0.4) is 0 Å². The molecule has 0 saturated heterocycles. The zero-order chi connectivity index (χ0) is 17.4. The van der Waals surface area contributed by atoms with Crippen LogP contribution in [-0.2, 0) is 6.42 Å². The molecule has 0 unspecified atom stereocenters. The van der Waals surface area contributed by atoms with Crippen LogP contribution >= 0.6 is 23.2 Å². The molecule has 0 atom stereocenters. The normalized spacial score (nSPS) is 11.1. The van der Waals surface area contributed by atoms with Crippen molar-refractivity contribution in [2.75, 3.05) is 5.73 Å².